The molecule has 1 atom stereocenters. The lowest BCUT2D eigenvalue weighted by atomic mass is 9.92. The van der Waals surface area contributed by atoms with Crippen LogP contribution in [0.5, 0.6) is 0 Å². The number of nitrogen functional groups attached to an aromatic ring is 2. The van der Waals surface area contributed by atoms with Crippen LogP contribution in [0.25, 0.3) is 11.4 Å². The molecule has 1 unspecified atom stereocenters. The predicted molar refractivity (Wildman–Crippen MR) is 112 cm³/mol. The van der Waals surface area contributed by atoms with Gasteiger partial charge in [-0.1, -0.05) is 0 Å². The third kappa shape index (κ3) is 2.71. The van der Waals surface area contributed by atoms with Crippen LogP contribution in [0.1, 0.15) is 16.8 Å². The Morgan fingerprint density at radius 1 is 0.966 bits per heavy atom. The quantitative estimate of drug-likeness (QED) is 0.362. The summed E-state index contributed by atoms with van der Waals surface area (Å²) in [5, 5.41) is 14.2. The molecule has 5 rings (SSSR count). The first-order chi connectivity index (χ1) is 14.0. The Morgan fingerprint density at radius 3 is 2.62 bits per heavy atom. The number of aromatic nitrogens is 5. The number of anilines is 4. The van der Waals surface area contributed by atoms with Crippen molar-refractivity contribution in [2.24, 2.45) is 0 Å². The molecule has 1 aliphatic heterocycles. The lowest BCUT2D eigenvalue weighted by molar-refractivity contribution is 0.700. The summed E-state index contributed by atoms with van der Waals surface area (Å²) in [6.07, 6.45) is 3.32. The van der Waals surface area contributed by atoms with E-state index in [2.05, 4.69) is 30.8 Å². The molecule has 5 heterocycles. The van der Waals surface area contributed by atoms with Crippen molar-refractivity contribution in [1.29, 1.82) is 0 Å². The van der Waals surface area contributed by atoms with Gasteiger partial charge < -0.3 is 22.1 Å². The van der Waals surface area contributed by atoms with E-state index in [1.165, 1.54) is 0 Å². The van der Waals surface area contributed by atoms with Gasteiger partial charge >= 0.3 is 0 Å². The highest BCUT2D eigenvalue weighted by Crippen LogP contribution is 2.44. The van der Waals surface area contributed by atoms with E-state index < -0.39 is 5.66 Å². The second-order valence-corrected chi connectivity index (χ2v) is 6.92. The molecule has 0 aromatic carbocycles. The Hall–Kier alpha value is -4.14. The first-order valence-corrected chi connectivity index (χ1v) is 9.08. The van der Waals surface area contributed by atoms with E-state index in [4.69, 9.17) is 16.5 Å². The van der Waals surface area contributed by atoms with Gasteiger partial charge in [-0.25, -0.2) is 15.0 Å². The smallest absolute Gasteiger partial charge is 0.166 e. The highest BCUT2D eigenvalue weighted by Gasteiger charge is 2.42. The van der Waals surface area contributed by atoms with Gasteiger partial charge in [-0.05, 0) is 49.4 Å². The van der Waals surface area contributed by atoms with Crippen molar-refractivity contribution in [3.05, 3.63) is 71.7 Å². The topological polar surface area (TPSA) is 143 Å². The highest BCUT2D eigenvalue weighted by atomic mass is 15.3. The van der Waals surface area contributed by atoms with Crippen LogP contribution in [-0.2, 0) is 5.66 Å². The van der Waals surface area contributed by atoms with Gasteiger partial charge in [0.15, 0.2) is 11.5 Å². The third-order valence-corrected chi connectivity index (χ3v) is 4.96. The SMILES string of the molecule is Cc1cc(-c2ccc3c(n2)NC(c2ccnc(N)c2)(c2cccnc2N)N3)[nH]n1. The van der Waals surface area contributed by atoms with Gasteiger partial charge in [0, 0.05) is 23.5 Å². The zero-order valence-electron chi connectivity index (χ0n) is 15.6. The van der Waals surface area contributed by atoms with E-state index in [9.17, 15) is 0 Å². The average molecular weight is 385 g/mol. The van der Waals surface area contributed by atoms with Crippen molar-refractivity contribution in [3.63, 3.8) is 0 Å². The van der Waals surface area contributed by atoms with Crippen molar-refractivity contribution in [3.8, 4) is 11.4 Å². The fraction of sp³-hybridized carbons (Fsp3) is 0.100. The van der Waals surface area contributed by atoms with Crippen molar-refractivity contribution >= 4 is 23.1 Å². The lowest BCUT2D eigenvalue weighted by Crippen LogP contribution is -2.41. The molecule has 0 amide bonds. The maximum Gasteiger partial charge on any atom is 0.166 e. The zero-order valence-corrected chi connectivity index (χ0v) is 15.6. The van der Waals surface area contributed by atoms with Crippen LogP contribution in [0.2, 0.25) is 0 Å². The van der Waals surface area contributed by atoms with Crippen LogP contribution in [0.15, 0.2) is 54.9 Å². The summed E-state index contributed by atoms with van der Waals surface area (Å²) in [5.41, 5.74) is 16.3. The fourth-order valence-electron chi connectivity index (χ4n) is 3.62. The van der Waals surface area contributed by atoms with E-state index in [-0.39, 0.29) is 0 Å². The largest absolute Gasteiger partial charge is 0.384 e. The molecule has 29 heavy (non-hydrogen) atoms. The minimum Gasteiger partial charge on any atom is -0.384 e. The number of hydrogen-bond acceptors (Lipinski definition) is 8. The molecule has 9 nitrogen and oxygen atoms in total. The first-order valence-electron chi connectivity index (χ1n) is 9.08. The molecule has 1 aliphatic rings. The first kappa shape index (κ1) is 17.0. The van der Waals surface area contributed by atoms with Gasteiger partial charge in [-0.15, -0.1) is 0 Å². The minimum atomic E-state index is -0.882. The molecule has 0 spiro atoms. The Morgan fingerprint density at radius 2 is 1.86 bits per heavy atom. The molecule has 4 aromatic heterocycles. The molecule has 0 fully saturated rings. The Kier molecular flexibility index (Phi) is 3.63. The molecule has 0 aliphatic carbocycles. The summed E-state index contributed by atoms with van der Waals surface area (Å²) in [6, 6.07) is 13.3. The van der Waals surface area contributed by atoms with Crippen LogP contribution in [0.3, 0.4) is 0 Å². The Labute approximate surface area is 166 Å². The van der Waals surface area contributed by atoms with Crippen LogP contribution >= 0.6 is 0 Å². The van der Waals surface area contributed by atoms with Gasteiger partial charge in [-0.3, -0.25) is 5.10 Å². The summed E-state index contributed by atoms with van der Waals surface area (Å²) in [5.74, 6) is 1.50. The Balaban J connectivity index is 1.65. The molecule has 144 valence electrons. The molecule has 0 saturated heterocycles. The Bertz CT molecular complexity index is 1220. The van der Waals surface area contributed by atoms with E-state index >= 15 is 0 Å². The van der Waals surface area contributed by atoms with E-state index in [1.807, 2.05) is 43.3 Å². The number of fused-ring (bicyclic) bond motifs is 1. The number of pyridine rings is 3. The summed E-state index contributed by atoms with van der Waals surface area (Å²) in [7, 11) is 0. The third-order valence-electron chi connectivity index (χ3n) is 4.96. The lowest BCUT2D eigenvalue weighted by Gasteiger charge is -2.32. The summed E-state index contributed by atoms with van der Waals surface area (Å²) in [6.45, 7) is 1.93. The molecule has 7 N–H and O–H groups in total. The van der Waals surface area contributed by atoms with Gasteiger partial charge in [-0.2, -0.15) is 5.10 Å². The summed E-state index contributed by atoms with van der Waals surface area (Å²) >= 11 is 0. The van der Waals surface area contributed by atoms with E-state index in [0.717, 1.165) is 33.9 Å². The van der Waals surface area contributed by atoms with E-state index in [1.54, 1.807) is 18.5 Å². The molecule has 0 saturated carbocycles. The standard InChI is InChI=1S/C20H19N9/c1-11-9-16(29-28-11)14-4-5-15-19(25-14)27-20(26-15,12-6-8-23-17(21)10-12)13-3-2-7-24-18(13)22/h2-10,26H,1H3,(H2,21,23)(H2,22,24)(H,25,27)(H,28,29). The molecule has 4 aromatic rings. The fourth-order valence-corrected chi connectivity index (χ4v) is 3.62. The molecule has 9 heteroatoms. The van der Waals surface area contributed by atoms with Crippen molar-refractivity contribution in [2.45, 2.75) is 12.6 Å². The number of rotatable bonds is 3. The number of hydrogen-bond donors (Lipinski definition) is 5. The zero-order chi connectivity index (χ0) is 20.0. The van der Waals surface area contributed by atoms with Crippen molar-refractivity contribution < 1.29 is 0 Å². The number of nitrogens with zero attached hydrogens (tertiary/aromatic N) is 4. The maximum absolute atomic E-state index is 6.25. The van der Waals surface area contributed by atoms with Crippen LogP contribution < -0.4 is 22.1 Å². The number of nitrogens with two attached hydrogens (primary N) is 2. The second-order valence-electron chi connectivity index (χ2n) is 6.92. The van der Waals surface area contributed by atoms with Crippen LogP contribution in [0.4, 0.5) is 23.1 Å². The monoisotopic (exact) mass is 385 g/mol. The predicted octanol–water partition coefficient (Wildman–Crippen LogP) is 2.47. The number of nitrogens with one attached hydrogen (secondary N) is 3. The van der Waals surface area contributed by atoms with Gasteiger partial charge in [0.2, 0.25) is 0 Å². The number of aromatic amines is 1. The van der Waals surface area contributed by atoms with Crippen LogP contribution in [-0.4, -0.2) is 25.1 Å². The molecular weight excluding hydrogens is 366 g/mol. The van der Waals surface area contributed by atoms with Gasteiger partial charge in [0.25, 0.3) is 0 Å². The number of H-pyrrole nitrogens is 1. The van der Waals surface area contributed by atoms with Gasteiger partial charge in [0.05, 0.1) is 22.8 Å². The van der Waals surface area contributed by atoms with Crippen molar-refractivity contribution in [2.75, 3.05) is 22.1 Å². The normalized spacial score (nSPS) is 17.4. The molecule has 0 bridgehead atoms. The summed E-state index contributed by atoms with van der Waals surface area (Å²) in [4.78, 5) is 13.2. The highest BCUT2D eigenvalue weighted by molar-refractivity contribution is 5.80. The number of aryl methyl sites for hydroxylation is 1. The second kappa shape index (κ2) is 6.20. The maximum atomic E-state index is 6.25. The minimum absolute atomic E-state index is 0.403. The average Bonchev–Trinajstić information content (AvgIpc) is 3.32. The van der Waals surface area contributed by atoms with Crippen molar-refractivity contribution in [1.82, 2.24) is 25.1 Å². The molecule has 0 radical (unpaired) electrons. The van der Waals surface area contributed by atoms with E-state index in [0.29, 0.717) is 17.5 Å². The van der Waals surface area contributed by atoms with Gasteiger partial charge in [0.1, 0.15) is 11.6 Å². The van der Waals surface area contributed by atoms with Crippen LogP contribution in [0, 0.1) is 6.92 Å². The molecular formula is C20H19N9. The summed E-state index contributed by atoms with van der Waals surface area (Å²) < 4.78 is 0.